The summed E-state index contributed by atoms with van der Waals surface area (Å²) in [5, 5.41) is 4.44. The van der Waals surface area contributed by atoms with Crippen molar-refractivity contribution in [3.63, 3.8) is 0 Å². The topological polar surface area (TPSA) is 46.4 Å². The first-order valence-electron chi connectivity index (χ1n) is 5.21. The molecule has 0 saturated carbocycles. The van der Waals surface area contributed by atoms with Crippen molar-refractivity contribution < 1.29 is 9.18 Å². The van der Waals surface area contributed by atoms with Crippen molar-refractivity contribution in [2.45, 2.75) is 0 Å². The maximum absolute atomic E-state index is 12.7. The molecule has 4 nitrogen and oxygen atoms in total. The Morgan fingerprint density at radius 3 is 2.89 bits per heavy atom. The van der Waals surface area contributed by atoms with Crippen LogP contribution < -0.4 is 5.32 Å². The van der Waals surface area contributed by atoms with Gasteiger partial charge in [-0.25, -0.2) is 9.37 Å². The van der Waals surface area contributed by atoms with E-state index in [4.69, 9.17) is 0 Å². The SMILES string of the molecule is O=C(Nc1ccc(F)cc1)c1csc2nccn12. The molecule has 0 unspecified atom stereocenters. The number of nitrogens with zero attached hydrogens (tertiary/aromatic N) is 2. The zero-order chi connectivity index (χ0) is 12.5. The van der Waals surface area contributed by atoms with Gasteiger partial charge in [0.2, 0.25) is 0 Å². The van der Waals surface area contributed by atoms with Crippen LogP contribution in [0.3, 0.4) is 0 Å². The van der Waals surface area contributed by atoms with Crippen LogP contribution in [0.5, 0.6) is 0 Å². The summed E-state index contributed by atoms with van der Waals surface area (Å²) in [5.74, 6) is -0.577. The number of amides is 1. The van der Waals surface area contributed by atoms with Crippen molar-refractivity contribution in [1.82, 2.24) is 9.38 Å². The molecule has 0 bridgehead atoms. The molecule has 0 aliphatic rings. The Morgan fingerprint density at radius 2 is 2.11 bits per heavy atom. The minimum atomic E-state index is -0.333. The Balaban J connectivity index is 1.87. The standard InChI is InChI=1S/C12H8FN3OS/c13-8-1-3-9(4-2-8)15-11(17)10-7-18-12-14-5-6-16(10)12/h1-7H,(H,15,17). The lowest BCUT2D eigenvalue weighted by Crippen LogP contribution is -2.13. The van der Waals surface area contributed by atoms with Gasteiger partial charge in [-0.2, -0.15) is 0 Å². The summed E-state index contributed by atoms with van der Waals surface area (Å²) in [6, 6.07) is 5.64. The summed E-state index contributed by atoms with van der Waals surface area (Å²) in [6.07, 6.45) is 3.37. The van der Waals surface area contributed by atoms with Gasteiger partial charge in [0, 0.05) is 23.5 Å². The second-order valence-electron chi connectivity index (χ2n) is 3.66. The number of fused-ring (bicyclic) bond motifs is 1. The third kappa shape index (κ3) is 1.86. The van der Waals surface area contributed by atoms with Gasteiger partial charge in [0.15, 0.2) is 4.96 Å². The number of carbonyl (C=O) groups excluding carboxylic acids is 1. The molecular weight excluding hydrogens is 253 g/mol. The largest absolute Gasteiger partial charge is 0.321 e. The summed E-state index contributed by atoms with van der Waals surface area (Å²) < 4.78 is 14.5. The minimum absolute atomic E-state index is 0.245. The number of aromatic nitrogens is 2. The van der Waals surface area contributed by atoms with E-state index in [1.165, 1.54) is 35.6 Å². The first kappa shape index (κ1) is 10.9. The van der Waals surface area contributed by atoms with E-state index in [9.17, 15) is 9.18 Å². The van der Waals surface area contributed by atoms with Gasteiger partial charge >= 0.3 is 0 Å². The van der Waals surface area contributed by atoms with Crippen molar-refractivity contribution in [2.24, 2.45) is 0 Å². The number of carbonyl (C=O) groups is 1. The highest BCUT2D eigenvalue weighted by atomic mass is 32.1. The Kier molecular flexibility index (Phi) is 2.56. The Hall–Kier alpha value is -2.21. The van der Waals surface area contributed by atoms with E-state index in [0.29, 0.717) is 11.4 Å². The molecule has 0 saturated heterocycles. The average Bonchev–Trinajstić information content (AvgIpc) is 2.93. The Bertz CT molecular complexity index is 702. The number of anilines is 1. The van der Waals surface area contributed by atoms with E-state index in [-0.39, 0.29) is 11.7 Å². The highest BCUT2D eigenvalue weighted by Crippen LogP contribution is 2.16. The number of hydrogen-bond acceptors (Lipinski definition) is 3. The molecule has 6 heteroatoms. The van der Waals surface area contributed by atoms with Crippen LogP contribution in [0.15, 0.2) is 42.0 Å². The van der Waals surface area contributed by atoms with Crippen molar-refractivity contribution in [3.8, 4) is 0 Å². The molecule has 0 aliphatic carbocycles. The van der Waals surface area contributed by atoms with E-state index < -0.39 is 0 Å². The molecule has 1 N–H and O–H groups in total. The second kappa shape index (κ2) is 4.23. The lowest BCUT2D eigenvalue weighted by atomic mass is 10.3. The summed E-state index contributed by atoms with van der Waals surface area (Å²) in [6.45, 7) is 0. The fourth-order valence-electron chi connectivity index (χ4n) is 1.62. The van der Waals surface area contributed by atoms with E-state index in [0.717, 1.165) is 4.96 Å². The predicted octanol–water partition coefficient (Wildman–Crippen LogP) is 2.79. The summed E-state index contributed by atoms with van der Waals surface area (Å²) in [5.41, 5.74) is 1.07. The lowest BCUT2D eigenvalue weighted by Gasteiger charge is -2.03. The molecule has 0 atom stereocenters. The van der Waals surface area contributed by atoms with Crippen molar-refractivity contribution >= 4 is 27.9 Å². The molecule has 18 heavy (non-hydrogen) atoms. The second-order valence-corrected chi connectivity index (χ2v) is 4.50. The van der Waals surface area contributed by atoms with Gasteiger partial charge in [-0.3, -0.25) is 9.20 Å². The molecule has 0 radical (unpaired) electrons. The molecule has 0 aliphatic heterocycles. The number of thiazole rings is 1. The highest BCUT2D eigenvalue weighted by Gasteiger charge is 2.12. The molecule has 1 aromatic carbocycles. The lowest BCUT2D eigenvalue weighted by molar-refractivity contribution is 0.102. The van der Waals surface area contributed by atoms with Gasteiger partial charge in [0.05, 0.1) is 0 Å². The van der Waals surface area contributed by atoms with Crippen LogP contribution in [0.4, 0.5) is 10.1 Å². The Morgan fingerprint density at radius 1 is 1.33 bits per heavy atom. The number of imidazole rings is 1. The van der Waals surface area contributed by atoms with Gasteiger partial charge < -0.3 is 5.32 Å². The number of halogens is 1. The number of hydrogen-bond donors (Lipinski definition) is 1. The molecule has 0 fully saturated rings. The summed E-state index contributed by atoms with van der Waals surface area (Å²) >= 11 is 1.39. The van der Waals surface area contributed by atoms with E-state index in [2.05, 4.69) is 10.3 Å². The molecule has 90 valence electrons. The van der Waals surface area contributed by atoms with Crippen LogP contribution in [0.2, 0.25) is 0 Å². The van der Waals surface area contributed by atoms with Gasteiger partial charge in [-0.15, -0.1) is 11.3 Å². The Labute approximate surface area is 106 Å². The zero-order valence-corrected chi connectivity index (χ0v) is 9.95. The molecule has 1 amide bonds. The molecule has 2 heterocycles. The summed E-state index contributed by atoms with van der Waals surface area (Å²) in [4.78, 5) is 16.9. The molecular formula is C12H8FN3OS. The quantitative estimate of drug-likeness (QED) is 0.771. The van der Waals surface area contributed by atoms with Crippen molar-refractivity contribution in [1.29, 1.82) is 0 Å². The van der Waals surface area contributed by atoms with Crippen molar-refractivity contribution in [3.05, 3.63) is 53.6 Å². The van der Waals surface area contributed by atoms with Crippen LogP contribution in [0.25, 0.3) is 4.96 Å². The number of rotatable bonds is 2. The van der Waals surface area contributed by atoms with Crippen LogP contribution in [0.1, 0.15) is 10.5 Å². The van der Waals surface area contributed by atoms with Gasteiger partial charge in [0.25, 0.3) is 5.91 Å². The van der Waals surface area contributed by atoms with Crippen molar-refractivity contribution in [2.75, 3.05) is 5.32 Å². The van der Waals surface area contributed by atoms with Gasteiger partial charge in [-0.1, -0.05) is 0 Å². The predicted molar refractivity (Wildman–Crippen MR) is 67.4 cm³/mol. The molecule has 3 aromatic rings. The third-order valence-corrected chi connectivity index (χ3v) is 3.33. The van der Waals surface area contributed by atoms with Crippen LogP contribution in [-0.4, -0.2) is 15.3 Å². The molecule has 3 rings (SSSR count). The average molecular weight is 261 g/mol. The van der Waals surface area contributed by atoms with Gasteiger partial charge in [-0.05, 0) is 24.3 Å². The maximum atomic E-state index is 12.7. The number of benzene rings is 1. The van der Waals surface area contributed by atoms with Crippen LogP contribution in [-0.2, 0) is 0 Å². The summed E-state index contributed by atoms with van der Waals surface area (Å²) in [7, 11) is 0. The van der Waals surface area contributed by atoms with Crippen LogP contribution in [0, 0.1) is 5.82 Å². The van der Waals surface area contributed by atoms with E-state index in [1.807, 2.05) is 0 Å². The monoisotopic (exact) mass is 261 g/mol. The highest BCUT2D eigenvalue weighted by molar-refractivity contribution is 7.15. The molecule has 2 aromatic heterocycles. The van der Waals surface area contributed by atoms with Crippen LogP contribution >= 0.6 is 11.3 Å². The normalized spacial score (nSPS) is 10.7. The first-order chi connectivity index (χ1) is 8.74. The first-order valence-corrected chi connectivity index (χ1v) is 6.09. The van der Waals surface area contributed by atoms with Gasteiger partial charge in [0.1, 0.15) is 11.5 Å². The zero-order valence-electron chi connectivity index (χ0n) is 9.13. The third-order valence-electron chi connectivity index (χ3n) is 2.48. The number of nitrogens with one attached hydrogen (secondary N) is 1. The fraction of sp³-hybridized carbons (Fsp3) is 0. The van der Waals surface area contributed by atoms with E-state index >= 15 is 0 Å². The van der Waals surface area contributed by atoms with E-state index in [1.54, 1.807) is 22.2 Å². The smallest absolute Gasteiger partial charge is 0.273 e. The fourth-order valence-corrected chi connectivity index (χ4v) is 2.45. The minimum Gasteiger partial charge on any atom is -0.321 e. The maximum Gasteiger partial charge on any atom is 0.273 e. The molecule has 0 spiro atoms.